The average molecular weight is 306 g/mol. The predicted octanol–water partition coefficient (Wildman–Crippen LogP) is 5.32. The Balaban J connectivity index is 2.05. The normalized spacial score (nSPS) is 21.1. The number of rotatable bonds is 4. The number of ether oxygens (including phenoxy) is 1. The van der Waals surface area contributed by atoms with Gasteiger partial charge in [-0.15, -0.1) is 0 Å². The highest BCUT2D eigenvalue weighted by atomic mass is 19.2. The summed E-state index contributed by atoms with van der Waals surface area (Å²) in [4.78, 5) is 0. The first kappa shape index (κ1) is 16.8. The second-order valence-corrected chi connectivity index (χ2v) is 6.17. The highest BCUT2D eigenvalue weighted by Gasteiger charge is 2.17. The molecule has 0 unspecified atom stereocenters. The molecular weight excluding hydrogens is 282 g/mol. The van der Waals surface area contributed by atoms with Gasteiger partial charge in [0.15, 0.2) is 11.6 Å². The molecule has 0 spiro atoms. The fourth-order valence-corrected chi connectivity index (χ4v) is 2.65. The van der Waals surface area contributed by atoms with Gasteiger partial charge in [-0.25, -0.2) is 4.39 Å². The van der Waals surface area contributed by atoms with E-state index in [0.29, 0.717) is 12.5 Å². The lowest BCUT2D eigenvalue weighted by Crippen LogP contribution is -2.10. The largest absolute Gasteiger partial charge is 0.490 e. The van der Waals surface area contributed by atoms with Crippen molar-refractivity contribution in [3.05, 3.63) is 29.3 Å². The van der Waals surface area contributed by atoms with Gasteiger partial charge in [0, 0.05) is 5.92 Å². The SMILES string of the molecule is CCCCOc1ccc(C#CC2CCC(C)CC2)c(F)c1F. The van der Waals surface area contributed by atoms with Gasteiger partial charge in [-0.3, -0.25) is 0 Å². The van der Waals surface area contributed by atoms with Gasteiger partial charge in [0.1, 0.15) is 0 Å². The van der Waals surface area contributed by atoms with E-state index in [4.69, 9.17) is 4.74 Å². The van der Waals surface area contributed by atoms with Gasteiger partial charge in [0.25, 0.3) is 0 Å². The van der Waals surface area contributed by atoms with Crippen LogP contribution in [0.2, 0.25) is 0 Å². The van der Waals surface area contributed by atoms with Gasteiger partial charge in [0.2, 0.25) is 5.82 Å². The number of halogens is 2. The van der Waals surface area contributed by atoms with E-state index in [0.717, 1.165) is 31.6 Å². The van der Waals surface area contributed by atoms with Crippen molar-refractivity contribution < 1.29 is 13.5 Å². The van der Waals surface area contributed by atoms with E-state index in [-0.39, 0.29) is 11.3 Å². The second kappa shape index (κ2) is 8.17. The summed E-state index contributed by atoms with van der Waals surface area (Å²) in [6.07, 6.45) is 6.21. The molecule has 0 N–H and O–H groups in total. The zero-order valence-corrected chi connectivity index (χ0v) is 13.4. The van der Waals surface area contributed by atoms with Gasteiger partial charge in [-0.2, -0.15) is 4.39 Å². The molecule has 0 bridgehead atoms. The first-order valence-corrected chi connectivity index (χ1v) is 8.24. The minimum Gasteiger partial charge on any atom is -0.490 e. The maximum atomic E-state index is 14.0. The van der Waals surface area contributed by atoms with E-state index < -0.39 is 11.6 Å². The Morgan fingerprint density at radius 2 is 1.86 bits per heavy atom. The van der Waals surface area contributed by atoms with Gasteiger partial charge >= 0.3 is 0 Å². The van der Waals surface area contributed by atoms with Crippen LogP contribution in [-0.2, 0) is 0 Å². The quantitative estimate of drug-likeness (QED) is 0.540. The molecule has 0 aliphatic heterocycles. The molecule has 1 saturated carbocycles. The molecular formula is C19H24F2O. The maximum Gasteiger partial charge on any atom is 0.201 e. The van der Waals surface area contributed by atoms with Crippen LogP contribution in [0.15, 0.2) is 12.1 Å². The predicted molar refractivity (Wildman–Crippen MR) is 84.8 cm³/mol. The summed E-state index contributed by atoms with van der Waals surface area (Å²) in [5, 5.41) is 0. The van der Waals surface area contributed by atoms with Crippen LogP contribution >= 0.6 is 0 Å². The summed E-state index contributed by atoms with van der Waals surface area (Å²) in [7, 11) is 0. The third-order valence-corrected chi connectivity index (χ3v) is 4.23. The fraction of sp³-hybridized carbons (Fsp3) is 0.579. The lowest BCUT2D eigenvalue weighted by atomic mass is 9.83. The monoisotopic (exact) mass is 306 g/mol. The summed E-state index contributed by atoms with van der Waals surface area (Å²) in [5.41, 5.74) is 0.124. The molecule has 1 aliphatic carbocycles. The molecule has 1 fully saturated rings. The topological polar surface area (TPSA) is 9.23 Å². The van der Waals surface area contributed by atoms with Crippen molar-refractivity contribution in [2.75, 3.05) is 6.61 Å². The van der Waals surface area contributed by atoms with Crippen LogP contribution < -0.4 is 4.74 Å². The molecule has 3 heteroatoms. The number of hydrogen-bond donors (Lipinski definition) is 0. The van der Waals surface area contributed by atoms with E-state index in [1.54, 1.807) is 0 Å². The Morgan fingerprint density at radius 3 is 2.55 bits per heavy atom. The number of benzene rings is 1. The summed E-state index contributed by atoms with van der Waals surface area (Å²) in [6.45, 7) is 4.67. The number of unbranched alkanes of at least 4 members (excludes halogenated alkanes) is 1. The van der Waals surface area contributed by atoms with Crippen LogP contribution in [0.25, 0.3) is 0 Å². The average Bonchev–Trinajstić information content (AvgIpc) is 2.52. The molecule has 1 aliphatic rings. The lowest BCUT2D eigenvalue weighted by Gasteiger charge is -2.21. The summed E-state index contributed by atoms with van der Waals surface area (Å²) in [6, 6.07) is 2.99. The Labute approximate surface area is 132 Å². The van der Waals surface area contributed by atoms with Gasteiger partial charge < -0.3 is 4.74 Å². The van der Waals surface area contributed by atoms with E-state index in [2.05, 4.69) is 18.8 Å². The molecule has 120 valence electrons. The van der Waals surface area contributed by atoms with E-state index in [9.17, 15) is 8.78 Å². The molecule has 0 saturated heterocycles. The summed E-state index contributed by atoms with van der Waals surface area (Å²) < 4.78 is 33.2. The highest BCUT2D eigenvalue weighted by molar-refractivity contribution is 5.41. The van der Waals surface area contributed by atoms with E-state index in [1.165, 1.54) is 25.0 Å². The van der Waals surface area contributed by atoms with Crippen LogP contribution in [0.3, 0.4) is 0 Å². The third-order valence-electron chi connectivity index (χ3n) is 4.23. The Bertz CT molecular complexity index is 549. The van der Waals surface area contributed by atoms with Crippen molar-refractivity contribution in [2.24, 2.45) is 11.8 Å². The lowest BCUT2D eigenvalue weighted by molar-refractivity contribution is 0.288. The van der Waals surface area contributed by atoms with Crippen molar-refractivity contribution in [3.63, 3.8) is 0 Å². The standard InChI is InChI=1S/C19H24F2O/c1-3-4-13-22-17-12-11-16(18(20)19(17)21)10-9-15-7-5-14(2)6-8-15/h11-12,14-15H,3-8,13H2,1-2H3. The third kappa shape index (κ3) is 4.47. The van der Waals surface area contributed by atoms with Crippen molar-refractivity contribution >= 4 is 0 Å². The molecule has 0 aromatic heterocycles. The van der Waals surface area contributed by atoms with E-state index in [1.807, 2.05) is 6.92 Å². The van der Waals surface area contributed by atoms with Crippen LogP contribution in [0, 0.1) is 35.3 Å². The van der Waals surface area contributed by atoms with Crippen LogP contribution in [0.1, 0.15) is 57.9 Å². The van der Waals surface area contributed by atoms with Gasteiger partial charge in [-0.05, 0) is 50.2 Å². The van der Waals surface area contributed by atoms with Crippen molar-refractivity contribution in [1.82, 2.24) is 0 Å². The zero-order valence-electron chi connectivity index (χ0n) is 13.4. The van der Waals surface area contributed by atoms with Crippen molar-refractivity contribution in [2.45, 2.75) is 52.4 Å². The van der Waals surface area contributed by atoms with E-state index >= 15 is 0 Å². The van der Waals surface area contributed by atoms with Gasteiger partial charge in [-0.1, -0.05) is 32.1 Å². The minimum atomic E-state index is -0.930. The smallest absolute Gasteiger partial charge is 0.201 e. The first-order chi connectivity index (χ1) is 10.6. The Hall–Kier alpha value is -1.56. The maximum absolute atomic E-state index is 14.0. The second-order valence-electron chi connectivity index (χ2n) is 6.17. The first-order valence-electron chi connectivity index (χ1n) is 8.24. The molecule has 0 heterocycles. The summed E-state index contributed by atoms with van der Waals surface area (Å²) >= 11 is 0. The zero-order chi connectivity index (χ0) is 15.9. The molecule has 0 amide bonds. The van der Waals surface area contributed by atoms with Crippen LogP contribution in [0.4, 0.5) is 8.78 Å². The molecule has 1 aromatic carbocycles. The minimum absolute atomic E-state index is 0.0250. The molecule has 22 heavy (non-hydrogen) atoms. The van der Waals surface area contributed by atoms with Crippen molar-refractivity contribution in [3.8, 4) is 17.6 Å². The van der Waals surface area contributed by atoms with Crippen LogP contribution in [-0.4, -0.2) is 6.61 Å². The molecule has 0 radical (unpaired) electrons. The Kier molecular flexibility index (Phi) is 6.24. The molecule has 0 atom stereocenters. The highest BCUT2D eigenvalue weighted by Crippen LogP contribution is 2.28. The Morgan fingerprint density at radius 1 is 1.14 bits per heavy atom. The summed E-state index contributed by atoms with van der Waals surface area (Å²) in [5.74, 6) is 5.12. The fourth-order valence-electron chi connectivity index (χ4n) is 2.65. The number of hydrogen-bond acceptors (Lipinski definition) is 1. The van der Waals surface area contributed by atoms with Crippen molar-refractivity contribution in [1.29, 1.82) is 0 Å². The molecule has 1 aromatic rings. The molecule has 1 nitrogen and oxygen atoms in total. The van der Waals surface area contributed by atoms with Gasteiger partial charge in [0.05, 0.1) is 12.2 Å². The molecule has 2 rings (SSSR count). The van der Waals surface area contributed by atoms with Crippen LogP contribution in [0.5, 0.6) is 5.75 Å².